The van der Waals surface area contributed by atoms with Crippen LogP contribution in [-0.4, -0.2) is 49.0 Å². The van der Waals surface area contributed by atoms with Gasteiger partial charge >= 0.3 is 0 Å². The molecule has 19 heavy (non-hydrogen) atoms. The Kier molecular flexibility index (Phi) is 4.76. The second-order valence-electron chi connectivity index (χ2n) is 5.08. The van der Waals surface area contributed by atoms with Gasteiger partial charge in [0.15, 0.2) is 0 Å². The summed E-state index contributed by atoms with van der Waals surface area (Å²) in [7, 11) is 4.20. The third-order valence-electron chi connectivity index (χ3n) is 3.60. The number of hydrogen-bond acceptors (Lipinski definition) is 3. The van der Waals surface area contributed by atoms with Crippen LogP contribution in [0, 0.1) is 0 Å². The fourth-order valence-electron chi connectivity index (χ4n) is 2.47. The van der Waals surface area contributed by atoms with E-state index >= 15 is 0 Å². The number of guanidine groups is 1. The van der Waals surface area contributed by atoms with Crippen molar-refractivity contribution in [2.45, 2.75) is 18.9 Å². The highest BCUT2D eigenvalue weighted by molar-refractivity contribution is 5.82. The van der Waals surface area contributed by atoms with Gasteiger partial charge in [0.25, 0.3) is 0 Å². The maximum absolute atomic E-state index is 5.63. The van der Waals surface area contributed by atoms with Gasteiger partial charge < -0.3 is 9.80 Å². The van der Waals surface area contributed by atoms with Gasteiger partial charge in [-0.3, -0.25) is 5.43 Å². The van der Waals surface area contributed by atoms with Crippen molar-refractivity contribution in [2.24, 2.45) is 10.8 Å². The van der Waals surface area contributed by atoms with Crippen molar-refractivity contribution in [3.05, 3.63) is 30.3 Å². The van der Waals surface area contributed by atoms with Crippen LogP contribution in [0.5, 0.6) is 0 Å². The summed E-state index contributed by atoms with van der Waals surface area (Å²) in [5.74, 6) is 6.34. The highest BCUT2D eigenvalue weighted by atomic mass is 15.4. The lowest BCUT2D eigenvalue weighted by atomic mass is 10.1. The Morgan fingerprint density at radius 1 is 1.42 bits per heavy atom. The van der Waals surface area contributed by atoms with Gasteiger partial charge in [0.2, 0.25) is 5.96 Å². The number of piperidine rings is 1. The Bertz CT molecular complexity index is 417. The smallest absolute Gasteiger partial charge is 0.213 e. The molecule has 1 fully saturated rings. The van der Waals surface area contributed by atoms with E-state index in [9.17, 15) is 0 Å². The molecule has 0 spiro atoms. The lowest BCUT2D eigenvalue weighted by Crippen LogP contribution is -2.52. The molecule has 1 atom stereocenters. The number of para-hydroxylation sites is 1. The van der Waals surface area contributed by atoms with Crippen LogP contribution in [-0.2, 0) is 0 Å². The summed E-state index contributed by atoms with van der Waals surface area (Å²) in [6, 6.07) is 10.3. The van der Waals surface area contributed by atoms with E-state index in [1.807, 2.05) is 37.4 Å². The van der Waals surface area contributed by atoms with Crippen LogP contribution < -0.4 is 11.3 Å². The molecular formula is C14H23N5. The number of nitrogens with two attached hydrogens (primary N) is 1. The van der Waals surface area contributed by atoms with Crippen LogP contribution in [0.25, 0.3) is 0 Å². The summed E-state index contributed by atoms with van der Waals surface area (Å²) in [4.78, 5) is 9.06. The Morgan fingerprint density at radius 2 is 2.16 bits per heavy atom. The number of likely N-dealkylation sites (tertiary alicyclic amines) is 1. The molecule has 0 aliphatic carbocycles. The van der Waals surface area contributed by atoms with Gasteiger partial charge in [-0.1, -0.05) is 18.2 Å². The number of aliphatic imine (C=N–C) groups is 1. The lowest BCUT2D eigenvalue weighted by molar-refractivity contribution is 0.179. The summed E-state index contributed by atoms with van der Waals surface area (Å²) in [6.07, 6.45) is 2.39. The predicted octanol–water partition coefficient (Wildman–Crippen LogP) is 1.16. The summed E-state index contributed by atoms with van der Waals surface area (Å²) < 4.78 is 0. The predicted molar refractivity (Wildman–Crippen MR) is 79.1 cm³/mol. The van der Waals surface area contributed by atoms with E-state index in [4.69, 9.17) is 5.84 Å². The van der Waals surface area contributed by atoms with Crippen LogP contribution in [0.2, 0.25) is 0 Å². The zero-order chi connectivity index (χ0) is 13.7. The SMILES string of the molecule is CN1CCCC(N(C)C(=Nc2ccccc2)NN)C1. The number of rotatable bonds is 2. The fraction of sp³-hybridized carbons (Fsp3) is 0.500. The first-order valence-corrected chi connectivity index (χ1v) is 6.72. The first-order valence-electron chi connectivity index (χ1n) is 6.72. The van der Waals surface area contributed by atoms with Gasteiger partial charge in [-0.15, -0.1) is 0 Å². The molecular weight excluding hydrogens is 238 g/mol. The molecule has 1 aromatic carbocycles. The third-order valence-corrected chi connectivity index (χ3v) is 3.60. The third kappa shape index (κ3) is 3.68. The molecule has 1 heterocycles. The minimum absolute atomic E-state index is 0.456. The molecule has 3 N–H and O–H groups in total. The van der Waals surface area contributed by atoms with E-state index in [-0.39, 0.29) is 0 Å². The van der Waals surface area contributed by atoms with E-state index in [1.54, 1.807) is 0 Å². The molecule has 1 saturated heterocycles. The van der Waals surface area contributed by atoms with Gasteiger partial charge in [0.1, 0.15) is 0 Å². The van der Waals surface area contributed by atoms with Gasteiger partial charge in [0.05, 0.1) is 5.69 Å². The van der Waals surface area contributed by atoms with E-state index in [2.05, 4.69) is 27.3 Å². The minimum atomic E-state index is 0.456. The molecule has 104 valence electrons. The maximum Gasteiger partial charge on any atom is 0.213 e. The Labute approximate surface area is 115 Å². The van der Waals surface area contributed by atoms with Gasteiger partial charge in [-0.25, -0.2) is 10.8 Å². The number of likely N-dealkylation sites (N-methyl/N-ethyl adjacent to an activating group) is 2. The monoisotopic (exact) mass is 261 g/mol. The molecule has 1 aliphatic rings. The van der Waals surface area contributed by atoms with Crippen molar-refractivity contribution >= 4 is 11.6 Å². The van der Waals surface area contributed by atoms with Gasteiger partial charge in [-0.05, 0) is 38.6 Å². The first kappa shape index (κ1) is 13.8. The molecule has 0 bridgehead atoms. The average Bonchev–Trinajstić information content (AvgIpc) is 2.45. The average molecular weight is 261 g/mol. The van der Waals surface area contributed by atoms with E-state index < -0.39 is 0 Å². The molecule has 5 heteroatoms. The fourth-order valence-corrected chi connectivity index (χ4v) is 2.47. The number of hydrazine groups is 1. The van der Waals surface area contributed by atoms with Crippen molar-refractivity contribution in [2.75, 3.05) is 27.2 Å². The number of nitrogens with one attached hydrogen (secondary N) is 1. The van der Waals surface area contributed by atoms with E-state index in [1.165, 1.54) is 19.4 Å². The van der Waals surface area contributed by atoms with E-state index in [0.29, 0.717) is 12.0 Å². The molecule has 0 saturated carbocycles. The molecule has 1 aromatic rings. The highest BCUT2D eigenvalue weighted by Crippen LogP contribution is 2.15. The highest BCUT2D eigenvalue weighted by Gasteiger charge is 2.23. The molecule has 1 unspecified atom stereocenters. The van der Waals surface area contributed by atoms with E-state index in [0.717, 1.165) is 12.2 Å². The largest absolute Gasteiger partial charge is 0.340 e. The zero-order valence-corrected chi connectivity index (χ0v) is 11.7. The molecule has 5 nitrogen and oxygen atoms in total. The number of nitrogens with zero attached hydrogens (tertiary/aromatic N) is 3. The minimum Gasteiger partial charge on any atom is -0.340 e. The lowest BCUT2D eigenvalue weighted by Gasteiger charge is -2.37. The zero-order valence-electron chi connectivity index (χ0n) is 11.7. The maximum atomic E-state index is 5.63. The van der Waals surface area contributed by atoms with Crippen molar-refractivity contribution in [3.63, 3.8) is 0 Å². The Hall–Kier alpha value is -1.59. The van der Waals surface area contributed by atoms with Crippen LogP contribution >= 0.6 is 0 Å². The second kappa shape index (κ2) is 6.54. The summed E-state index contributed by atoms with van der Waals surface area (Å²) in [5, 5.41) is 0. The molecule has 0 radical (unpaired) electrons. The van der Waals surface area contributed by atoms with Gasteiger partial charge in [-0.2, -0.15) is 0 Å². The second-order valence-corrected chi connectivity index (χ2v) is 5.08. The summed E-state index contributed by atoms with van der Waals surface area (Å²) in [5.41, 5.74) is 3.63. The number of benzene rings is 1. The molecule has 0 amide bonds. The van der Waals surface area contributed by atoms with Crippen molar-refractivity contribution < 1.29 is 0 Å². The van der Waals surface area contributed by atoms with Crippen molar-refractivity contribution in [1.82, 2.24) is 15.2 Å². The van der Waals surface area contributed by atoms with Crippen molar-refractivity contribution in [3.8, 4) is 0 Å². The standard InChI is InChI=1S/C14H23N5/c1-18-10-6-9-13(11-18)19(2)14(17-15)16-12-7-4-3-5-8-12/h3-5,7-8,13H,6,9-11,15H2,1-2H3,(H,16,17). The first-order chi connectivity index (χ1) is 9.20. The van der Waals surface area contributed by atoms with Crippen LogP contribution in [0.15, 0.2) is 35.3 Å². The van der Waals surface area contributed by atoms with Crippen molar-refractivity contribution in [1.29, 1.82) is 0 Å². The Balaban J connectivity index is 2.10. The van der Waals surface area contributed by atoms with Gasteiger partial charge in [0, 0.05) is 19.6 Å². The summed E-state index contributed by atoms with van der Waals surface area (Å²) >= 11 is 0. The Morgan fingerprint density at radius 3 is 2.79 bits per heavy atom. The molecule has 1 aliphatic heterocycles. The normalized spacial score (nSPS) is 21.2. The van der Waals surface area contributed by atoms with Crippen LogP contribution in [0.4, 0.5) is 5.69 Å². The van der Waals surface area contributed by atoms with Crippen LogP contribution in [0.3, 0.4) is 0 Å². The van der Waals surface area contributed by atoms with Crippen LogP contribution in [0.1, 0.15) is 12.8 Å². The summed E-state index contributed by atoms with van der Waals surface area (Å²) in [6.45, 7) is 2.22. The number of hydrogen-bond donors (Lipinski definition) is 2. The molecule has 0 aromatic heterocycles. The molecule has 2 rings (SSSR count). The quantitative estimate of drug-likeness (QED) is 0.363. The topological polar surface area (TPSA) is 56.9 Å².